The number of hydrogen-bond acceptors (Lipinski definition) is 13. The molecule has 5 rings (SSSR count). The fraction of sp³-hybridized carbons (Fsp3) is 0.684. The van der Waals surface area contributed by atoms with E-state index in [9.17, 15) is 24.6 Å². The van der Waals surface area contributed by atoms with Crippen LogP contribution in [-0.2, 0) is 42.1 Å². The lowest BCUT2D eigenvalue weighted by Gasteiger charge is -2.68. The van der Waals surface area contributed by atoms with E-state index in [1.807, 2.05) is 27.7 Å². The molecule has 3 fully saturated rings. The number of ether oxygens (including phenoxy) is 5. The smallest absolute Gasteiger partial charge is 0.455 e. The van der Waals surface area contributed by atoms with Crippen LogP contribution in [0.25, 0.3) is 0 Å². The van der Waals surface area contributed by atoms with E-state index in [0.29, 0.717) is 5.57 Å². The molecule has 4 aliphatic rings. The first-order chi connectivity index (χ1) is 24.2. The van der Waals surface area contributed by atoms with E-state index < -0.39 is 90.9 Å². The van der Waals surface area contributed by atoms with Crippen molar-refractivity contribution in [1.82, 2.24) is 0 Å². The molecule has 1 aromatic carbocycles. The number of fused-ring (bicyclic) bond motifs is 5. The van der Waals surface area contributed by atoms with Gasteiger partial charge in [-0.2, -0.15) is 0 Å². The lowest BCUT2D eigenvalue weighted by Crippen LogP contribution is -2.82. The van der Waals surface area contributed by atoms with Crippen molar-refractivity contribution in [3.8, 4) is 0 Å². The third kappa shape index (κ3) is 5.84. The molecule has 0 spiro atoms. The van der Waals surface area contributed by atoms with Gasteiger partial charge in [-0.15, -0.1) is 0 Å². The van der Waals surface area contributed by atoms with Gasteiger partial charge >= 0.3 is 26.7 Å². The largest absolute Gasteiger partial charge is 0.508 e. The highest BCUT2D eigenvalue weighted by Crippen LogP contribution is 2.65. The van der Waals surface area contributed by atoms with E-state index >= 15 is 4.79 Å². The van der Waals surface area contributed by atoms with Crippen LogP contribution in [0.2, 0.25) is 11.1 Å². The molecular formula is C38H54O13Si. The van der Waals surface area contributed by atoms with Crippen molar-refractivity contribution in [2.45, 2.75) is 128 Å². The summed E-state index contributed by atoms with van der Waals surface area (Å²) >= 11 is 0. The van der Waals surface area contributed by atoms with Gasteiger partial charge in [0.15, 0.2) is 17.5 Å². The number of esters is 2. The van der Waals surface area contributed by atoms with E-state index in [1.54, 1.807) is 65.1 Å². The van der Waals surface area contributed by atoms with Gasteiger partial charge < -0.3 is 42.7 Å². The molecule has 1 unspecified atom stereocenters. The number of rotatable bonds is 9. The Morgan fingerprint density at radius 3 is 2.12 bits per heavy atom. The molecule has 3 aliphatic carbocycles. The number of Topliss-reactive ketones (excluding diaryl/α,β-unsaturated/α-hetero) is 1. The Morgan fingerprint density at radius 1 is 1.00 bits per heavy atom. The zero-order chi connectivity index (χ0) is 38.8. The van der Waals surface area contributed by atoms with Gasteiger partial charge in [-0.25, -0.2) is 9.59 Å². The topological polar surface area (TPSA) is 173 Å². The summed E-state index contributed by atoms with van der Waals surface area (Å²) in [6.45, 7) is 15.5. The molecule has 1 aliphatic heterocycles. The number of methoxy groups -OCH3 is 1. The highest BCUT2D eigenvalue weighted by Gasteiger charge is 2.79. The highest BCUT2D eigenvalue weighted by atomic mass is 28.4. The van der Waals surface area contributed by atoms with Crippen molar-refractivity contribution < 1.29 is 61.9 Å². The summed E-state index contributed by atoms with van der Waals surface area (Å²) in [6.07, 6.45) is -7.93. The van der Waals surface area contributed by atoms with Crippen LogP contribution in [0, 0.1) is 16.7 Å². The number of carbonyl (C=O) groups excluding carboxylic acids is 4. The second-order valence-corrected chi connectivity index (χ2v) is 20.5. The molecule has 0 radical (unpaired) electrons. The molecule has 14 heteroatoms. The number of carbonyl (C=O) groups is 4. The normalized spacial score (nSPS) is 35.4. The first kappa shape index (κ1) is 40.1. The number of benzene rings is 1. The third-order valence-corrected chi connectivity index (χ3v) is 17.0. The Kier molecular flexibility index (Phi) is 10.7. The zero-order valence-corrected chi connectivity index (χ0v) is 33.0. The summed E-state index contributed by atoms with van der Waals surface area (Å²) in [4.78, 5) is 56.1. The first-order valence-electron chi connectivity index (χ1n) is 17.9. The van der Waals surface area contributed by atoms with Crippen molar-refractivity contribution in [3.63, 3.8) is 0 Å². The second-order valence-electron chi connectivity index (χ2n) is 16.1. The minimum Gasteiger partial charge on any atom is -0.455 e. The Bertz CT molecular complexity index is 1600. The van der Waals surface area contributed by atoms with E-state index in [2.05, 4.69) is 0 Å². The summed E-state index contributed by atoms with van der Waals surface area (Å²) < 4.78 is 43.1. The zero-order valence-electron chi connectivity index (χ0n) is 32.0. The quantitative estimate of drug-likeness (QED) is 0.153. The molecular weight excluding hydrogens is 692 g/mol. The Balaban J connectivity index is 1.90. The summed E-state index contributed by atoms with van der Waals surface area (Å²) in [5, 5.41) is 25.0. The molecule has 0 aromatic heterocycles. The van der Waals surface area contributed by atoms with Crippen LogP contribution < -0.4 is 0 Å². The van der Waals surface area contributed by atoms with Crippen LogP contribution >= 0.6 is 0 Å². The van der Waals surface area contributed by atoms with Gasteiger partial charge in [-0.1, -0.05) is 59.7 Å². The standard InChI is InChI=1S/C38H54O13Si/c1-20(2)52(46-11,21(3)4)51-26-17-27-37(19-47-27,50-34(43)45-10)30-32(49-33(42)24-15-13-12-14-16-24)38(44)18-25(40)22(5)28(35(38,7)8)29(48-23(6)39)31(41)36(26,30)9/h12-16,20-21,25-27,29-30,32,40,44H,17-19H2,1-11H3/t25-,26-,27+,29+,30?,32-,36+,37-,38+/m0/s1. The first-order valence-corrected chi connectivity index (χ1v) is 19.9. The predicted molar refractivity (Wildman–Crippen MR) is 188 cm³/mol. The maximum absolute atomic E-state index is 15.8. The summed E-state index contributed by atoms with van der Waals surface area (Å²) in [7, 11) is -0.490. The summed E-state index contributed by atoms with van der Waals surface area (Å²) in [5.41, 5.74) is -6.69. The van der Waals surface area contributed by atoms with Crippen molar-refractivity contribution in [2.75, 3.05) is 20.8 Å². The Labute approximate surface area is 306 Å². The minimum atomic E-state index is -3.22. The van der Waals surface area contributed by atoms with Crippen LogP contribution in [0.1, 0.15) is 85.5 Å². The van der Waals surface area contributed by atoms with Crippen LogP contribution in [0.3, 0.4) is 0 Å². The molecule has 1 saturated heterocycles. The average molecular weight is 747 g/mol. The molecule has 2 N–H and O–H groups in total. The molecule has 2 bridgehead atoms. The monoisotopic (exact) mass is 746 g/mol. The Morgan fingerprint density at radius 2 is 1.62 bits per heavy atom. The van der Waals surface area contributed by atoms with Crippen molar-refractivity contribution in [3.05, 3.63) is 47.0 Å². The molecule has 1 heterocycles. The van der Waals surface area contributed by atoms with Crippen molar-refractivity contribution in [1.29, 1.82) is 0 Å². The van der Waals surface area contributed by atoms with Crippen LogP contribution in [0.5, 0.6) is 0 Å². The number of hydrogen-bond donors (Lipinski definition) is 2. The van der Waals surface area contributed by atoms with E-state index in [1.165, 1.54) is 6.92 Å². The van der Waals surface area contributed by atoms with E-state index in [0.717, 1.165) is 7.11 Å². The van der Waals surface area contributed by atoms with E-state index in [-0.39, 0.29) is 41.7 Å². The molecule has 9 atom stereocenters. The molecule has 52 heavy (non-hydrogen) atoms. The predicted octanol–water partition coefficient (Wildman–Crippen LogP) is 4.81. The SMILES string of the molecule is COC(=O)O[C@@]12CO[C@@H]1C[C@H](O[Si](OC)(C(C)C)C(C)C)[C@@]1(C)C(=O)[C@H](OC(C)=O)C3=C(C)[C@@H](O)C[C@@](O)([C@@H](OC(=O)c4ccccc4)C12)C3(C)C. The fourth-order valence-corrected chi connectivity index (χ4v) is 13.4. The van der Waals surface area contributed by atoms with Crippen molar-refractivity contribution >= 4 is 32.4 Å². The molecule has 1 aromatic rings. The van der Waals surface area contributed by atoms with Crippen LogP contribution in [-0.4, -0.2) is 105 Å². The van der Waals surface area contributed by atoms with Gasteiger partial charge in [0.05, 0.1) is 42.8 Å². The summed E-state index contributed by atoms with van der Waals surface area (Å²) in [5.74, 6) is -3.62. The van der Waals surface area contributed by atoms with Crippen LogP contribution in [0.4, 0.5) is 4.79 Å². The third-order valence-electron chi connectivity index (χ3n) is 12.5. The fourth-order valence-electron chi connectivity index (χ4n) is 9.67. The highest BCUT2D eigenvalue weighted by molar-refractivity contribution is 6.70. The van der Waals surface area contributed by atoms with Gasteiger partial charge in [0, 0.05) is 32.3 Å². The average Bonchev–Trinajstić information content (AvgIpc) is 3.07. The molecule has 2 saturated carbocycles. The van der Waals surface area contributed by atoms with Gasteiger partial charge in [-0.05, 0) is 48.2 Å². The van der Waals surface area contributed by atoms with Crippen LogP contribution in [0.15, 0.2) is 41.5 Å². The second kappa shape index (κ2) is 13.9. The van der Waals surface area contributed by atoms with Crippen molar-refractivity contribution in [2.24, 2.45) is 16.7 Å². The maximum atomic E-state index is 15.8. The number of ketones is 1. The van der Waals surface area contributed by atoms with Gasteiger partial charge in [0.2, 0.25) is 0 Å². The van der Waals surface area contributed by atoms with E-state index in [4.69, 9.17) is 32.5 Å². The number of aliphatic hydroxyl groups excluding tert-OH is 1. The lowest BCUT2D eigenvalue weighted by molar-refractivity contribution is -0.343. The number of aliphatic hydroxyl groups is 2. The van der Waals surface area contributed by atoms with Gasteiger partial charge in [0.1, 0.15) is 17.8 Å². The molecule has 288 valence electrons. The van der Waals surface area contributed by atoms with Gasteiger partial charge in [0.25, 0.3) is 0 Å². The molecule has 13 nitrogen and oxygen atoms in total. The minimum absolute atomic E-state index is 0.0297. The molecule has 0 amide bonds. The Hall–Kier alpha value is -3.14. The maximum Gasteiger partial charge on any atom is 0.508 e. The van der Waals surface area contributed by atoms with Gasteiger partial charge in [-0.3, -0.25) is 9.59 Å². The lowest BCUT2D eigenvalue weighted by atomic mass is 9.44. The summed E-state index contributed by atoms with van der Waals surface area (Å²) in [6, 6.07) is 8.17.